The summed E-state index contributed by atoms with van der Waals surface area (Å²) in [5.74, 6) is 0.656. The van der Waals surface area contributed by atoms with E-state index in [4.69, 9.17) is 4.98 Å². The molecule has 1 N–H and O–H groups in total. The van der Waals surface area contributed by atoms with Gasteiger partial charge in [0.2, 0.25) is 0 Å². The lowest BCUT2D eigenvalue weighted by Gasteiger charge is -2.11. The van der Waals surface area contributed by atoms with Crippen molar-refractivity contribution in [2.45, 2.75) is 58.4 Å². The number of amides is 1. The Morgan fingerprint density at radius 3 is 2.69 bits per heavy atom. The number of pyridine rings is 1. The molecule has 0 atom stereocenters. The fraction of sp³-hybridized carbons (Fsp3) is 0.474. The standard InChI is InChI=1S/C19H23N5OS/c1-10(2)15-7-13(14-8-20-24(11(3)4)17(14)21-15)18(25)23-19-22-16(9-26-19)12-5-6-12/h7-12H,5-6H2,1-4H3,(H,22,23,25). The van der Waals surface area contributed by atoms with E-state index in [0.717, 1.165) is 22.4 Å². The molecule has 0 spiro atoms. The molecule has 1 fully saturated rings. The number of hydrogen-bond donors (Lipinski definition) is 1. The third kappa shape index (κ3) is 3.11. The summed E-state index contributed by atoms with van der Waals surface area (Å²) in [5.41, 5.74) is 3.35. The number of thiazole rings is 1. The lowest BCUT2D eigenvalue weighted by atomic mass is 10.0. The van der Waals surface area contributed by atoms with Crippen molar-refractivity contribution in [3.05, 3.63) is 34.6 Å². The molecule has 0 saturated heterocycles. The van der Waals surface area contributed by atoms with E-state index in [0.29, 0.717) is 16.6 Å². The zero-order chi connectivity index (χ0) is 18.4. The van der Waals surface area contributed by atoms with Crippen molar-refractivity contribution in [2.75, 3.05) is 5.32 Å². The lowest BCUT2D eigenvalue weighted by Crippen LogP contribution is -2.14. The summed E-state index contributed by atoms with van der Waals surface area (Å²) < 4.78 is 1.87. The number of anilines is 1. The number of fused-ring (bicyclic) bond motifs is 1. The highest BCUT2D eigenvalue weighted by Crippen LogP contribution is 2.41. The quantitative estimate of drug-likeness (QED) is 0.706. The summed E-state index contributed by atoms with van der Waals surface area (Å²) in [6.07, 6.45) is 4.14. The molecule has 3 heterocycles. The summed E-state index contributed by atoms with van der Waals surface area (Å²) >= 11 is 1.49. The second-order valence-electron chi connectivity index (χ2n) is 7.48. The summed E-state index contributed by atoms with van der Waals surface area (Å²) in [5, 5.41) is 10.9. The number of nitrogens with one attached hydrogen (secondary N) is 1. The number of carbonyl (C=O) groups is 1. The Morgan fingerprint density at radius 2 is 2.04 bits per heavy atom. The molecular formula is C19H23N5OS. The second-order valence-corrected chi connectivity index (χ2v) is 8.33. The topological polar surface area (TPSA) is 72.7 Å². The van der Waals surface area contributed by atoms with Crippen LogP contribution in [0.2, 0.25) is 0 Å². The fourth-order valence-electron chi connectivity index (χ4n) is 2.97. The van der Waals surface area contributed by atoms with Crippen LogP contribution in [-0.4, -0.2) is 25.7 Å². The van der Waals surface area contributed by atoms with Crippen LogP contribution in [0.25, 0.3) is 11.0 Å². The SMILES string of the molecule is CC(C)c1cc(C(=O)Nc2nc(C3CC3)cs2)c2cnn(C(C)C)c2n1. The van der Waals surface area contributed by atoms with Gasteiger partial charge in [0.1, 0.15) is 0 Å². The average Bonchev–Trinajstić information content (AvgIpc) is 3.18. The largest absolute Gasteiger partial charge is 0.298 e. The molecule has 1 saturated carbocycles. The minimum Gasteiger partial charge on any atom is -0.298 e. The van der Waals surface area contributed by atoms with Gasteiger partial charge < -0.3 is 0 Å². The lowest BCUT2D eigenvalue weighted by molar-refractivity contribution is 0.102. The molecular weight excluding hydrogens is 346 g/mol. The van der Waals surface area contributed by atoms with Crippen molar-refractivity contribution >= 4 is 33.4 Å². The highest BCUT2D eigenvalue weighted by molar-refractivity contribution is 7.14. The van der Waals surface area contributed by atoms with Gasteiger partial charge in [-0.3, -0.25) is 10.1 Å². The highest BCUT2D eigenvalue weighted by Gasteiger charge is 2.26. The zero-order valence-electron chi connectivity index (χ0n) is 15.5. The Hall–Kier alpha value is -2.28. The third-order valence-electron chi connectivity index (χ3n) is 4.65. The first-order valence-corrected chi connectivity index (χ1v) is 9.97. The van der Waals surface area contributed by atoms with E-state index < -0.39 is 0 Å². The molecule has 7 heteroatoms. The van der Waals surface area contributed by atoms with Crippen LogP contribution in [-0.2, 0) is 0 Å². The van der Waals surface area contributed by atoms with Gasteiger partial charge in [-0.2, -0.15) is 5.10 Å². The van der Waals surface area contributed by atoms with Crippen LogP contribution in [0.4, 0.5) is 5.13 Å². The van der Waals surface area contributed by atoms with E-state index in [1.54, 1.807) is 6.20 Å². The number of rotatable bonds is 5. The number of hydrogen-bond acceptors (Lipinski definition) is 5. The normalized spacial score (nSPS) is 14.5. The van der Waals surface area contributed by atoms with Gasteiger partial charge in [-0.25, -0.2) is 14.6 Å². The monoisotopic (exact) mass is 369 g/mol. The third-order valence-corrected chi connectivity index (χ3v) is 5.43. The second kappa shape index (κ2) is 6.46. The van der Waals surface area contributed by atoms with Crippen molar-refractivity contribution in [1.29, 1.82) is 0 Å². The van der Waals surface area contributed by atoms with Gasteiger partial charge in [-0.05, 0) is 38.7 Å². The maximum Gasteiger partial charge on any atom is 0.258 e. The Kier molecular flexibility index (Phi) is 4.26. The van der Waals surface area contributed by atoms with E-state index in [-0.39, 0.29) is 17.9 Å². The molecule has 1 aliphatic rings. The molecule has 3 aromatic heterocycles. The smallest absolute Gasteiger partial charge is 0.258 e. The first-order chi connectivity index (χ1) is 12.4. The summed E-state index contributed by atoms with van der Waals surface area (Å²) in [6, 6.07) is 2.06. The van der Waals surface area contributed by atoms with E-state index in [9.17, 15) is 4.79 Å². The highest BCUT2D eigenvalue weighted by atomic mass is 32.1. The molecule has 0 unspecified atom stereocenters. The van der Waals surface area contributed by atoms with Crippen molar-refractivity contribution in [3.63, 3.8) is 0 Å². The maximum absolute atomic E-state index is 13.0. The van der Waals surface area contributed by atoms with Crippen molar-refractivity contribution in [2.24, 2.45) is 0 Å². The van der Waals surface area contributed by atoms with Crippen molar-refractivity contribution < 1.29 is 4.79 Å². The van der Waals surface area contributed by atoms with E-state index in [1.807, 2.05) is 16.1 Å². The van der Waals surface area contributed by atoms with E-state index in [2.05, 4.69) is 43.1 Å². The molecule has 0 bridgehead atoms. The molecule has 1 amide bonds. The van der Waals surface area contributed by atoms with E-state index in [1.165, 1.54) is 24.2 Å². The summed E-state index contributed by atoms with van der Waals surface area (Å²) in [7, 11) is 0. The van der Waals surface area contributed by atoms with Gasteiger partial charge >= 0.3 is 0 Å². The minimum absolute atomic E-state index is 0.153. The van der Waals surface area contributed by atoms with Crippen LogP contribution in [0.1, 0.15) is 80.2 Å². The number of aromatic nitrogens is 4. The Bertz CT molecular complexity index is 968. The number of carbonyl (C=O) groups excluding carboxylic acids is 1. The van der Waals surface area contributed by atoms with Gasteiger partial charge in [-0.1, -0.05) is 13.8 Å². The molecule has 136 valence electrons. The Labute approximate surface area is 156 Å². The molecule has 26 heavy (non-hydrogen) atoms. The predicted octanol–water partition coefficient (Wildman–Crippen LogP) is 4.72. The Morgan fingerprint density at radius 1 is 1.27 bits per heavy atom. The summed E-state index contributed by atoms with van der Waals surface area (Å²) in [4.78, 5) is 22.3. The van der Waals surface area contributed by atoms with Crippen LogP contribution in [0.3, 0.4) is 0 Å². The van der Waals surface area contributed by atoms with Crippen LogP contribution in [0, 0.1) is 0 Å². The zero-order valence-corrected chi connectivity index (χ0v) is 16.3. The molecule has 6 nitrogen and oxygen atoms in total. The molecule has 0 aromatic carbocycles. The first kappa shape index (κ1) is 17.1. The van der Waals surface area contributed by atoms with Gasteiger partial charge in [0.25, 0.3) is 5.91 Å². The van der Waals surface area contributed by atoms with Crippen LogP contribution in [0.5, 0.6) is 0 Å². The molecule has 0 aliphatic heterocycles. The maximum atomic E-state index is 13.0. The fourth-order valence-corrected chi connectivity index (χ4v) is 3.76. The molecule has 4 rings (SSSR count). The first-order valence-electron chi connectivity index (χ1n) is 9.09. The average molecular weight is 369 g/mol. The van der Waals surface area contributed by atoms with Crippen LogP contribution >= 0.6 is 11.3 Å². The van der Waals surface area contributed by atoms with Crippen molar-refractivity contribution in [1.82, 2.24) is 19.7 Å². The van der Waals surface area contributed by atoms with Crippen molar-refractivity contribution in [3.8, 4) is 0 Å². The van der Waals surface area contributed by atoms with Gasteiger partial charge in [-0.15, -0.1) is 11.3 Å². The summed E-state index contributed by atoms with van der Waals surface area (Å²) in [6.45, 7) is 8.28. The van der Waals surface area contributed by atoms with Gasteiger partial charge in [0.15, 0.2) is 10.8 Å². The van der Waals surface area contributed by atoms with E-state index >= 15 is 0 Å². The molecule has 3 aromatic rings. The van der Waals surface area contributed by atoms with Crippen LogP contribution in [0.15, 0.2) is 17.6 Å². The van der Waals surface area contributed by atoms with Gasteiger partial charge in [0, 0.05) is 23.0 Å². The van der Waals surface area contributed by atoms with Crippen LogP contribution < -0.4 is 5.32 Å². The predicted molar refractivity (Wildman–Crippen MR) is 104 cm³/mol. The molecule has 1 aliphatic carbocycles. The molecule has 0 radical (unpaired) electrons. The van der Waals surface area contributed by atoms with Gasteiger partial charge in [0.05, 0.1) is 22.8 Å². The minimum atomic E-state index is -0.153. The number of nitrogens with zero attached hydrogens (tertiary/aromatic N) is 4. The Balaban J connectivity index is 1.72.